The van der Waals surface area contributed by atoms with Crippen molar-refractivity contribution in [1.29, 1.82) is 0 Å². The van der Waals surface area contributed by atoms with Crippen molar-refractivity contribution in [3.05, 3.63) is 65.5 Å². The van der Waals surface area contributed by atoms with Gasteiger partial charge < -0.3 is 24.8 Å². The van der Waals surface area contributed by atoms with E-state index in [2.05, 4.69) is 15.6 Å². The summed E-state index contributed by atoms with van der Waals surface area (Å²) in [6.45, 7) is 4.04. The molecule has 1 unspecified atom stereocenters. The summed E-state index contributed by atoms with van der Waals surface area (Å²) in [6, 6.07) is 14.3. The molecule has 0 saturated carbocycles. The maximum absolute atomic E-state index is 13.2. The second kappa shape index (κ2) is 15.0. The van der Waals surface area contributed by atoms with Gasteiger partial charge in [0.05, 0.1) is 12.7 Å². The molecule has 2 aromatic rings. The summed E-state index contributed by atoms with van der Waals surface area (Å²) in [5.74, 6) is 1.25. The first-order valence-electron chi connectivity index (χ1n) is 10.8. The highest BCUT2D eigenvalue weighted by Gasteiger charge is 2.14. The summed E-state index contributed by atoms with van der Waals surface area (Å²) in [5, 5.41) is 6.60. The molecule has 0 aromatic heterocycles. The zero-order chi connectivity index (χ0) is 21.7. The number of nitrogens with one attached hydrogen (secondary N) is 2. The summed E-state index contributed by atoms with van der Waals surface area (Å²) in [6.07, 6.45) is 3.43. The number of halogens is 2. The molecule has 1 heterocycles. The van der Waals surface area contributed by atoms with E-state index in [9.17, 15) is 4.39 Å². The van der Waals surface area contributed by atoms with Crippen molar-refractivity contribution in [3.8, 4) is 5.75 Å². The minimum absolute atomic E-state index is 0. The van der Waals surface area contributed by atoms with Gasteiger partial charge in [0.2, 0.25) is 0 Å². The van der Waals surface area contributed by atoms with Gasteiger partial charge in [-0.05, 0) is 54.7 Å². The number of guanidine groups is 1. The smallest absolute Gasteiger partial charge is 0.191 e. The monoisotopic (exact) mass is 557 g/mol. The average Bonchev–Trinajstić information content (AvgIpc) is 3.31. The Morgan fingerprint density at radius 1 is 1.16 bits per heavy atom. The van der Waals surface area contributed by atoms with Crippen molar-refractivity contribution in [2.24, 2.45) is 4.99 Å². The molecule has 2 N–H and O–H groups in total. The molecule has 1 atom stereocenters. The third-order valence-electron chi connectivity index (χ3n) is 4.99. The van der Waals surface area contributed by atoms with Crippen LogP contribution in [0, 0.1) is 5.82 Å². The molecule has 0 radical (unpaired) electrons. The minimum atomic E-state index is -0.254. The number of hydrogen-bond acceptors (Lipinski definition) is 4. The standard InChI is InChI=1S/C24H32FN3O3.HI/c1-26-24(27-12-4-13-29-18-23-7-3-14-30-23)28-16-19-8-10-22(11-9-19)31-17-20-5-2-6-21(25)15-20;/h2,5-6,8-11,15,23H,3-4,7,12-14,16-18H2,1H3,(H2,26,27,28);1H. The molecule has 2 aromatic carbocycles. The van der Waals surface area contributed by atoms with Crippen molar-refractivity contribution in [2.45, 2.75) is 38.5 Å². The van der Waals surface area contributed by atoms with Gasteiger partial charge in [-0.15, -0.1) is 24.0 Å². The zero-order valence-electron chi connectivity index (χ0n) is 18.5. The Hall–Kier alpha value is -1.91. The minimum Gasteiger partial charge on any atom is -0.489 e. The van der Waals surface area contributed by atoms with Crippen LogP contribution >= 0.6 is 24.0 Å². The van der Waals surface area contributed by atoms with Crippen LogP contribution < -0.4 is 15.4 Å². The molecule has 6 nitrogen and oxygen atoms in total. The Morgan fingerprint density at radius 3 is 2.72 bits per heavy atom. The largest absolute Gasteiger partial charge is 0.489 e. The second-order valence-corrected chi connectivity index (χ2v) is 7.48. The van der Waals surface area contributed by atoms with Crippen molar-refractivity contribution in [3.63, 3.8) is 0 Å². The van der Waals surface area contributed by atoms with E-state index in [1.165, 1.54) is 12.1 Å². The van der Waals surface area contributed by atoms with Gasteiger partial charge in [0, 0.05) is 33.4 Å². The summed E-state index contributed by atoms with van der Waals surface area (Å²) >= 11 is 0. The van der Waals surface area contributed by atoms with E-state index >= 15 is 0 Å². The normalized spacial score (nSPS) is 15.8. The lowest BCUT2D eigenvalue weighted by Crippen LogP contribution is -2.37. The predicted molar refractivity (Wildman–Crippen MR) is 135 cm³/mol. The number of hydrogen-bond donors (Lipinski definition) is 2. The molecule has 0 spiro atoms. The highest BCUT2D eigenvalue weighted by Crippen LogP contribution is 2.15. The van der Waals surface area contributed by atoms with Crippen LogP contribution in [0.3, 0.4) is 0 Å². The van der Waals surface area contributed by atoms with E-state index in [4.69, 9.17) is 14.2 Å². The first-order valence-corrected chi connectivity index (χ1v) is 10.8. The molecule has 0 aliphatic carbocycles. The highest BCUT2D eigenvalue weighted by molar-refractivity contribution is 14.0. The Labute approximate surface area is 207 Å². The second-order valence-electron chi connectivity index (χ2n) is 7.48. The summed E-state index contributed by atoms with van der Waals surface area (Å²) < 4.78 is 30.2. The number of nitrogens with zero attached hydrogens (tertiary/aromatic N) is 1. The van der Waals surface area contributed by atoms with Crippen molar-refractivity contribution in [1.82, 2.24) is 10.6 Å². The average molecular weight is 557 g/mol. The Bertz CT molecular complexity index is 814. The van der Waals surface area contributed by atoms with E-state index in [1.54, 1.807) is 13.1 Å². The van der Waals surface area contributed by atoms with E-state index < -0.39 is 0 Å². The van der Waals surface area contributed by atoms with Gasteiger partial charge in [-0.2, -0.15) is 0 Å². The third-order valence-corrected chi connectivity index (χ3v) is 4.99. The fraction of sp³-hybridized carbons (Fsp3) is 0.458. The molecular formula is C24H33FIN3O3. The molecule has 1 fully saturated rings. The van der Waals surface area contributed by atoms with Crippen LogP contribution in [-0.4, -0.2) is 45.5 Å². The quantitative estimate of drug-likeness (QED) is 0.187. The molecule has 1 aliphatic heterocycles. The Morgan fingerprint density at radius 2 is 2.00 bits per heavy atom. The van der Waals surface area contributed by atoms with Crippen LogP contribution in [0.4, 0.5) is 4.39 Å². The van der Waals surface area contributed by atoms with E-state index in [-0.39, 0.29) is 35.9 Å². The maximum atomic E-state index is 13.2. The van der Waals surface area contributed by atoms with Crippen LogP contribution in [0.2, 0.25) is 0 Å². The van der Waals surface area contributed by atoms with Crippen molar-refractivity contribution >= 4 is 29.9 Å². The molecule has 1 saturated heterocycles. The van der Waals surface area contributed by atoms with Crippen LogP contribution in [0.1, 0.15) is 30.4 Å². The van der Waals surface area contributed by atoms with Gasteiger partial charge in [0.25, 0.3) is 0 Å². The summed E-state index contributed by atoms with van der Waals surface area (Å²) in [4.78, 5) is 4.25. The fourth-order valence-corrected chi connectivity index (χ4v) is 3.27. The molecule has 3 rings (SSSR count). The molecule has 8 heteroatoms. The highest BCUT2D eigenvalue weighted by atomic mass is 127. The van der Waals surface area contributed by atoms with Gasteiger partial charge >= 0.3 is 0 Å². The topological polar surface area (TPSA) is 64.1 Å². The van der Waals surface area contributed by atoms with Gasteiger partial charge in [0.15, 0.2) is 5.96 Å². The molecule has 176 valence electrons. The summed E-state index contributed by atoms with van der Waals surface area (Å²) in [7, 11) is 1.76. The Kier molecular flexibility index (Phi) is 12.4. The lowest BCUT2D eigenvalue weighted by Gasteiger charge is -2.13. The van der Waals surface area contributed by atoms with Crippen molar-refractivity contribution in [2.75, 3.05) is 33.4 Å². The van der Waals surface area contributed by atoms with E-state index in [0.29, 0.717) is 26.4 Å². The number of rotatable bonds is 11. The lowest BCUT2D eigenvalue weighted by molar-refractivity contribution is 0.0168. The maximum Gasteiger partial charge on any atom is 0.191 e. The first kappa shape index (κ1) is 26.3. The first-order chi connectivity index (χ1) is 15.2. The number of benzene rings is 2. The van der Waals surface area contributed by atoms with Crippen molar-refractivity contribution < 1.29 is 18.6 Å². The van der Waals surface area contributed by atoms with Gasteiger partial charge in [-0.1, -0.05) is 24.3 Å². The lowest BCUT2D eigenvalue weighted by atomic mass is 10.2. The van der Waals surface area contributed by atoms with Gasteiger partial charge in [-0.3, -0.25) is 4.99 Å². The van der Waals surface area contributed by atoms with Crippen LogP contribution in [0.25, 0.3) is 0 Å². The molecule has 0 bridgehead atoms. The van der Waals surface area contributed by atoms with Crippen LogP contribution in [0.5, 0.6) is 5.75 Å². The van der Waals surface area contributed by atoms with Crippen LogP contribution in [0.15, 0.2) is 53.5 Å². The molecule has 0 amide bonds. The summed E-state index contributed by atoms with van der Waals surface area (Å²) in [5.41, 5.74) is 1.92. The molecule has 1 aliphatic rings. The van der Waals surface area contributed by atoms with E-state index in [0.717, 1.165) is 55.3 Å². The molecular weight excluding hydrogens is 524 g/mol. The number of ether oxygens (including phenoxy) is 3. The Balaban J connectivity index is 0.00000363. The van der Waals surface area contributed by atoms with Gasteiger partial charge in [0.1, 0.15) is 18.2 Å². The molecule has 32 heavy (non-hydrogen) atoms. The SMILES string of the molecule is CN=C(NCCCOCC1CCCO1)NCc1ccc(OCc2cccc(F)c2)cc1.I. The van der Waals surface area contributed by atoms with Crippen LogP contribution in [-0.2, 0) is 22.6 Å². The predicted octanol–water partition coefficient (Wildman–Crippen LogP) is 4.27. The zero-order valence-corrected chi connectivity index (χ0v) is 20.8. The third kappa shape index (κ3) is 9.70. The van der Waals surface area contributed by atoms with E-state index in [1.807, 2.05) is 30.3 Å². The van der Waals surface area contributed by atoms with Gasteiger partial charge in [-0.25, -0.2) is 4.39 Å². The fourth-order valence-electron chi connectivity index (χ4n) is 3.27. The number of aliphatic imine (C=N–C) groups is 1.